The molecule has 6 heteroatoms. The van der Waals surface area contributed by atoms with Crippen molar-refractivity contribution in [2.75, 3.05) is 6.61 Å². The minimum Gasteiger partial charge on any atom is -0.375 e. The summed E-state index contributed by atoms with van der Waals surface area (Å²) < 4.78 is 8.40. The maximum absolute atomic E-state index is 5.60. The first kappa shape index (κ1) is 13.2. The number of hydrogen-bond donors (Lipinski definition) is 1. The van der Waals surface area contributed by atoms with E-state index in [1.807, 2.05) is 30.5 Å². The molecule has 2 rings (SSSR count). The molecule has 0 aliphatic rings. The largest absolute Gasteiger partial charge is 0.375 e. The number of benzene rings is 1. The first-order chi connectivity index (χ1) is 8.79. The lowest BCUT2D eigenvalue weighted by molar-refractivity contribution is 0.110. The molecule has 0 atom stereocenters. The van der Waals surface area contributed by atoms with E-state index < -0.39 is 0 Å². The third kappa shape index (κ3) is 3.63. The van der Waals surface area contributed by atoms with Crippen molar-refractivity contribution < 1.29 is 4.74 Å². The zero-order chi connectivity index (χ0) is 12.8. The first-order valence-electron chi connectivity index (χ1n) is 5.70. The van der Waals surface area contributed by atoms with E-state index >= 15 is 0 Å². The summed E-state index contributed by atoms with van der Waals surface area (Å²) in [5, 5.41) is 7.86. The highest BCUT2D eigenvalue weighted by Crippen LogP contribution is 2.16. The van der Waals surface area contributed by atoms with Crippen LogP contribution in [0.2, 0.25) is 0 Å². The van der Waals surface area contributed by atoms with Gasteiger partial charge < -0.3 is 10.5 Å². The van der Waals surface area contributed by atoms with Crippen LogP contribution in [-0.4, -0.2) is 21.6 Å². The standard InChI is InChI=1S/C12H15BrN4O/c13-12-4-2-1-3-10(12)9-18-6-5-17-8-11(7-14)15-16-17/h1-4,8H,5-7,9,14H2. The smallest absolute Gasteiger partial charge is 0.0962 e. The summed E-state index contributed by atoms with van der Waals surface area (Å²) in [6.45, 7) is 2.27. The van der Waals surface area contributed by atoms with E-state index in [0.29, 0.717) is 26.3 Å². The average molecular weight is 311 g/mol. The van der Waals surface area contributed by atoms with Crippen LogP contribution >= 0.6 is 15.9 Å². The predicted molar refractivity (Wildman–Crippen MR) is 71.7 cm³/mol. The summed E-state index contributed by atoms with van der Waals surface area (Å²) in [5.74, 6) is 0. The van der Waals surface area contributed by atoms with E-state index in [4.69, 9.17) is 10.5 Å². The molecule has 1 heterocycles. The Balaban J connectivity index is 1.74. The van der Waals surface area contributed by atoms with Crippen molar-refractivity contribution in [2.24, 2.45) is 5.73 Å². The van der Waals surface area contributed by atoms with Gasteiger partial charge in [-0.25, -0.2) is 4.68 Å². The van der Waals surface area contributed by atoms with Crippen LogP contribution in [0.5, 0.6) is 0 Å². The second-order valence-corrected chi connectivity index (χ2v) is 4.68. The van der Waals surface area contributed by atoms with Gasteiger partial charge in [-0.15, -0.1) is 5.10 Å². The summed E-state index contributed by atoms with van der Waals surface area (Å²) in [6.07, 6.45) is 1.84. The molecule has 0 unspecified atom stereocenters. The molecule has 0 bridgehead atoms. The Labute approximate surface area is 114 Å². The molecule has 2 aromatic rings. The van der Waals surface area contributed by atoms with E-state index in [1.54, 1.807) is 4.68 Å². The molecule has 0 spiro atoms. The van der Waals surface area contributed by atoms with E-state index in [1.165, 1.54) is 0 Å². The normalized spacial score (nSPS) is 10.8. The molecule has 5 nitrogen and oxygen atoms in total. The number of rotatable bonds is 6. The number of nitrogens with zero attached hydrogens (tertiary/aromatic N) is 3. The lowest BCUT2D eigenvalue weighted by atomic mass is 10.2. The van der Waals surface area contributed by atoms with Crippen molar-refractivity contribution in [1.29, 1.82) is 0 Å². The zero-order valence-corrected chi connectivity index (χ0v) is 11.5. The molecule has 2 N–H and O–H groups in total. The zero-order valence-electron chi connectivity index (χ0n) is 9.92. The van der Waals surface area contributed by atoms with Gasteiger partial charge in [0.2, 0.25) is 0 Å². The minimum atomic E-state index is 0.415. The Morgan fingerprint density at radius 3 is 2.89 bits per heavy atom. The highest BCUT2D eigenvalue weighted by Gasteiger charge is 2.00. The van der Waals surface area contributed by atoms with Gasteiger partial charge in [0, 0.05) is 17.2 Å². The third-order valence-electron chi connectivity index (χ3n) is 2.48. The summed E-state index contributed by atoms with van der Waals surface area (Å²) >= 11 is 3.48. The van der Waals surface area contributed by atoms with Crippen LogP contribution in [0.15, 0.2) is 34.9 Å². The molecular weight excluding hydrogens is 296 g/mol. The highest BCUT2D eigenvalue weighted by molar-refractivity contribution is 9.10. The molecule has 0 radical (unpaired) electrons. The third-order valence-corrected chi connectivity index (χ3v) is 3.25. The molecule has 0 aliphatic heterocycles. The van der Waals surface area contributed by atoms with Gasteiger partial charge in [0.05, 0.1) is 25.5 Å². The molecule has 0 aliphatic carbocycles. The second-order valence-electron chi connectivity index (χ2n) is 3.82. The first-order valence-corrected chi connectivity index (χ1v) is 6.49. The number of hydrogen-bond acceptors (Lipinski definition) is 4. The molecule has 18 heavy (non-hydrogen) atoms. The lowest BCUT2D eigenvalue weighted by Crippen LogP contribution is -2.07. The predicted octanol–water partition coefficient (Wildman–Crippen LogP) is 1.72. The van der Waals surface area contributed by atoms with Gasteiger partial charge in [-0.05, 0) is 11.6 Å². The van der Waals surface area contributed by atoms with Crippen LogP contribution in [-0.2, 0) is 24.4 Å². The Hall–Kier alpha value is -1.24. The fourth-order valence-electron chi connectivity index (χ4n) is 1.50. The Bertz CT molecular complexity index is 500. The van der Waals surface area contributed by atoms with E-state index in [2.05, 4.69) is 26.2 Å². The maximum atomic E-state index is 5.60. The second kappa shape index (κ2) is 6.63. The molecule has 0 saturated carbocycles. The Morgan fingerprint density at radius 1 is 1.33 bits per heavy atom. The minimum absolute atomic E-state index is 0.415. The van der Waals surface area contributed by atoms with Crippen molar-refractivity contribution in [2.45, 2.75) is 19.7 Å². The summed E-state index contributed by atoms with van der Waals surface area (Å²) in [7, 11) is 0. The van der Waals surface area contributed by atoms with Crippen molar-refractivity contribution in [1.82, 2.24) is 15.0 Å². The summed E-state index contributed by atoms with van der Waals surface area (Å²) in [5.41, 5.74) is 7.39. The molecule has 1 aromatic carbocycles. The molecule has 0 amide bonds. The summed E-state index contributed by atoms with van der Waals surface area (Å²) in [6, 6.07) is 8.02. The van der Waals surface area contributed by atoms with Crippen LogP contribution < -0.4 is 5.73 Å². The Morgan fingerprint density at radius 2 is 2.17 bits per heavy atom. The molecule has 96 valence electrons. The van der Waals surface area contributed by atoms with Crippen molar-refractivity contribution in [3.8, 4) is 0 Å². The van der Waals surface area contributed by atoms with Gasteiger partial charge in [0.15, 0.2) is 0 Å². The molecule has 1 aromatic heterocycles. The average Bonchev–Trinajstić information content (AvgIpc) is 2.84. The van der Waals surface area contributed by atoms with E-state index in [-0.39, 0.29) is 0 Å². The monoisotopic (exact) mass is 310 g/mol. The summed E-state index contributed by atoms with van der Waals surface area (Å²) in [4.78, 5) is 0. The van der Waals surface area contributed by atoms with Gasteiger partial charge in [-0.2, -0.15) is 0 Å². The van der Waals surface area contributed by atoms with Gasteiger partial charge in [-0.1, -0.05) is 39.3 Å². The number of halogens is 1. The molecule has 0 fully saturated rings. The SMILES string of the molecule is NCc1cn(CCOCc2ccccc2Br)nn1. The van der Waals surface area contributed by atoms with Crippen LogP contribution in [0.4, 0.5) is 0 Å². The van der Waals surface area contributed by atoms with E-state index in [0.717, 1.165) is 15.7 Å². The maximum Gasteiger partial charge on any atom is 0.0962 e. The fourth-order valence-corrected chi connectivity index (χ4v) is 1.90. The highest BCUT2D eigenvalue weighted by atomic mass is 79.9. The number of nitrogens with two attached hydrogens (primary N) is 1. The van der Waals surface area contributed by atoms with Gasteiger partial charge in [0.25, 0.3) is 0 Å². The van der Waals surface area contributed by atoms with Crippen LogP contribution in [0.3, 0.4) is 0 Å². The van der Waals surface area contributed by atoms with E-state index in [9.17, 15) is 0 Å². The van der Waals surface area contributed by atoms with Gasteiger partial charge in [0.1, 0.15) is 0 Å². The fraction of sp³-hybridized carbons (Fsp3) is 0.333. The Kier molecular flexibility index (Phi) is 4.86. The van der Waals surface area contributed by atoms with Crippen molar-refractivity contribution >= 4 is 15.9 Å². The van der Waals surface area contributed by atoms with Crippen LogP contribution in [0.25, 0.3) is 0 Å². The van der Waals surface area contributed by atoms with Gasteiger partial charge in [-0.3, -0.25) is 0 Å². The van der Waals surface area contributed by atoms with Crippen molar-refractivity contribution in [3.63, 3.8) is 0 Å². The quantitative estimate of drug-likeness (QED) is 0.825. The topological polar surface area (TPSA) is 66.0 Å². The molecule has 0 saturated heterocycles. The van der Waals surface area contributed by atoms with Gasteiger partial charge >= 0.3 is 0 Å². The van der Waals surface area contributed by atoms with Crippen LogP contribution in [0, 0.1) is 0 Å². The van der Waals surface area contributed by atoms with Crippen LogP contribution in [0.1, 0.15) is 11.3 Å². The van der Waals surface area contributed by atoms with Crippen molar-refractivity contribution in [3.05, 3.63) is 46.2 Å². The number of aromatic nitrogens is 3. The molecular formula is C12H15BrN4O. The lowest BCUT2D eigenvalue weighted by Gasteiger charge is -2.05. The number of ether oxygens (including phenoxy) is 1.